The largest absolute Gasteiger partial charge is 0.273 e. The lowest BCUT2D eigenvalue weighted by atomic mass is 10.3. The molecule has 1 rings (SSSR count). The van der Waals surface area contributed by atoms with Gasteiger partial charge in [-0.2, -0.15) is 0 Å². The Hall–Kier alpha value is -1.36. The fourth-order valence-electron chi connectivity index (χ4n) is 0.526. The Bertz CT molecular complexity index is 230. The molecule has 0 unspecified atom stereocenters. The molecule has 1 heterocycles. The van der Waals surface area contributed by atoms with E-state index in [9.17, 15) is 0 Å². The van der Waals surface area contributed by atoms with Gasteiger partial charge in [-0.1, -0.05) is 12.1 Å². The van der Waals surface area contributed by atoms with Gasteiger partial charge in [0, 0.05) is 11.9 Å². The van der Waals surface area contributed by atoms with Gasteiger partial charge in [-0.05, 0) is 6.92 Å². The number of aromatic nitrogens is 1. The summed E-state index contributed by atoms with van der Waals surface area (Å²) in [5.74, 6) is 0. The predicted octanol–water partition coefficient (Wildman–Crippen LogP) is 1.94. The molecule has 0 radical (unpaired) electrons. The number of pyridine rings is 1. The van der Waals surface area contributed by atoms with Crippen LogP contribution in [0.4, 0.5) is 5.69 Å². The van der Waals surface area contributed by atoms with Crippen LogP contribution in [-0.4, -0.2) is 4.98 Å². The summed E-state index contributed by atoms with van der Waals surface area (Å²) in [5.41, 5.74) is 1.54. The first-order valence-corrected chi connectivity index (χ1v) is 2.63. The zero-order chi connectivity index (χ0) is 6.69. The van der Waals surface area contributed by atoms with E-state index in [0.29, 0.717) is 5.69 Å². The average molecular weight is 118 g/mol. The van der Waals surface area contributed by atoms with Gasteiger partial charge in [0.15, 0.2) is 0 Å². The summed E-state index contributed by atoms with van der Waals surface area (Å²) in [6.45, 7) is 8.50. The van der Waals surface area contributed by atoms with E-state index in [1.165, 1.54) is 0 Å². The summed E-state index contributed by atoms with van der Waals surface area (Å²) in [7, 11) is 0. The summed E-state index contributed by atoms with van der Waals surface area (Å²) >= 11 is 0. The van der Waals surface area contributed by atoms with Crippen molar-refractivity contribution in [3.63, 3.8) is 0 Å². The van der Waals surface area contributed by atoms with Crippen molar-refractivity contribution >= 4 is 5.69 Å². The van der Waals surface area contributed by atoms with E-state index in [4.69, 9.17) is 6.57 Å². The number of hydrogen-bond acceptors (Lipinski definition) is 1. The summed E-state index contributed by atoms with van der Waals surface area (Å²) in [4.78, 5) is 7.14. The minimum absolute atomic E-state index is 0.598. The molecule has 0 N–H and O–H groups in total. The van der Waals surface area contributed by atoms with E-state index in [1.54, 1.807) is 12.3 Å². The monoisotopic (exact) mass is 118 g/mol. The highest BCUT2D eigenvalue weighted by molar-refractivity contribution is 5.41. The van der Waals surface area contributed by atoms with Gasteiger partial charge in [0.25, 0.3) is 0 Å². The fraction of sp³-hybridized carbons (Fsp3) is 0.143. The Labute approximate surface area is 54.0 Å². The van der Waals surface area contributed by atoms with Crippen LogP contribution in [0.3, 0.4) is 0 Å². The molecular formula is C7H6N2. The topological polar surface area (TPSA) is 17.2 Å². The maximum absolute atomic E-state index is 6.60. The van der Waals surface area contributed by atoms with Crippen LogP contribution in [-0.2, 0) is 0 Å². The quantitative estimate of drug-likeness (QED) is 0.476. The number of rotatable bonds is 0. The predicted molar refractivity (Wildman–Crippen MR) is 35.2 cm³/mol. The Morgan fingerprint density at radius 1 is 1.56 bits per heavy atom. The molecule has 0 spiro atoms. The molecule has 1 aromatic heterocycles. The van der Waals surface area contributed by atoms with Crippen molar-refractivity contribution in [2.45, 2.75) is 6.92 Å². The van der Waals surface area contributed by atoms with E-state index < -0.39 is 0 Å². The molecule has 0 saturated heterocycles. The van der Waals surface area contributed by atoms with E-state index in [1.807, 2.05) is 13.0 Å². The second-order valence-electron chi connectivity index (χ2n) is 1.77. The van der Waals surface area contributed by atoms with Crippen LogP contribution in [0.15, 0.2) is 18.3 Å². The highest BCUT2D eigenvalue weighted by Gasteiger charge is 1.86. The van der Waals surface area contributed by atoms with Crippen LogP contribution < -0.4 is 0 Å². The van der Waals surface area contributed by atoms with Crippen molar-refractivity contribution < 1.29 is 0 Å². The molecule has 0 amide bonds. The summed E-state index contributed by atoms with van der Waals surface area (Å²) in [6.07, 6.45) is 1.57. The third-order valence-electron chi connectivity index (χ3n) is 1.02. The van der Waals surface area contributed by atoms with Crippen molar-refractivity contribution in [2.75, 3.05) is 0 Å². The summed E-state index contributed by atoms with van der Waals surface area (Å²) in [5, 5.41) is 0. The van der Waals surface area contributed by atoms with Crippen molar-refractivity contribution in [1.82, 2.24) is 4.98 Å². The van der Waals surface area contributed by atoms with E-state index >= 15 is 0 Å². The zero-order valence-electron chi connectivity index (χ0n) is 5.13. The Morgan fingerprint density at radius 2 is 2.33 bits per heavy atom. The molecule has 0 aliphatic rings. The minimum atomic E-state index is 0.598. The standard InChI is InChI=1S/C7H6N2/c1-6-3-4-7(8-2)5-9-6/h3-5H,1H3. The molecule has 0 fully saturated rings. The molecular weight excluding hydrogens is 112 g/mol. The molecule has 0 aromatic carbocycles. The van der Waals surface area contributed by atoms with Crippen LogP contribution >= 0.6 is 0 Å². The highest BCUT2D eigenvalue weighted by Crippen LogP contribution is 2.07. The van der Waals surface area contributed by atoms with E-state index in [0.717, 1.165) is 5.69 Å². The SMILES string of the molecule is [C-]#[N+]c1ccc(C)nc1. The molecule has 0 aliphatic heterocycles. The average Bonchev–Trinajstić information content (AvgIpc) is 1.90. The maximum atomic E-state index is 6.60. The van der Waals surface area contributed by atoms with Crippen molar-refractivity contribution in [1.29, 1.82) is 0 Å². The van der Waals surface area contributed by atoms with Crippen LogP contribution in [0.25, 0.3) is 4.85 Å². The molecule has 2 heteroatoms. The molecule has 1 aromatic rings. The van der Waals surface area contributed by atoms with Gasteiger partial charge >= 0.3 is 0 Å². The van der Waals surface area contributed by atoms with E-state index in [-0.39, 0.29) is 0 Å². The molecule has 0 bridgehead atoms. The molecule has 9 heavy (non-hydrogen) atoms. The second-order valence-corrected chi connectivity index (χ2v) is 1.77. The van der Waals surface area contributed by atoms with Gasteiger partial charge in [0.05, 0.1) is 6.57 Å². The van der Waals surface area contributed by atoms with Gasteiger partial charge in [-0.15, -0.1) is 0 Å². The van der Waals surface area contributed by atoms with Gasteiger partial charge in [-0.3, -0.25) is 4.98 Å². The molecule has 0 aliphatic carbocycles. The zero-order valence-corrected chi connectivity index (χ0v) is 5.13. The lowest BCUT2D eigenvalue weighted by Gasteiger charge is -1.87. The normalized spacial score (nSPS) is 8.44. The molecule has 44 valence electrons. The molecule has 2 nitrogen and oxygen atoms in total. The van der Waals surface area contributed by atoms with Gasteiger partial charge in [0.2, 0.25) is 5.69 Å². The molecule has 0 atom stereocenters. The smallest absolute Gasteiger partial charge is 0.205 e. The lowest BCUT2D eigenvalue weighted by Crippen LogP contribution is -1.74. The summed E-state index contributed by atoms with van der Waals surface area (Å²) < 4.78 is 0. The Kier molecular flexibility index (Phi) is 1.46. The summed E-state index contributed by atoms with van der Waals surface area (Å²) in [6, 6.07) is 3.59. The number of hydrogen-bond donors (Lipinski definition) is 0. The first-order chi connectivity index (χ1) is 4.33. The Morgan fingerprint density at radius 3 is 2.78 bits per heavy atom. The number of nitrogens with zero attached hydrogens (tertiary/aromatic N) is 2. The van der Waals surface area contributed by atoms with Crippen LogP contribution in [0.5, 0.6) is 0 Å². The number of aryl methyl sites for hydroxylation is 1. The lowest BCUT2D eigenvalue weighted by molar-refractivity contribution is 1.21. The first-order valence-electron chi connectivity index (χ1n) is 2.63. The van der Waals surface area contributed by atoms with Crippen LogP contribution in [0, 0.1) is 13.5 Å². The maximum Gasteiger partial charge on any atom is 0.205 e. The fourth-order valence-corrected chi connectivity index (χ4v) is 0.526. The van der Waals surface area contributed by atoms with E-state index in [2.05, 4.69) is 9.83 Å². The van der Waals surface area contributed by atoms with Gasteiger partial charge in [0.1, 0.15) is 0 Å². The van der Waals surface area contributed by atoms with Crippen molar-refractivity contribution in [2.24, 2.45) is 0 Å². The van der Waals surface area contributed by atoms with Gasteiger partial charge < -0.3 is 0 Å². The minimum Gasteiger partial charge on any atom is -0.273 e. The third-order valence-corrected chi connectivity index (χ3v) is 1.02. The second kappa shape index (κ2) is 2.27. The van der Waals surface area contributed by atoms with Crippen LogP contribution in [0.2, 0.25) is 0 Å². The highest BCUT2D eigenvalue weighted by atomic mass is 14.7. The molecule has 0 saturated carbocycles. The Balaban J connectivity index is 3.06. The van der Waals surface area contributed by atoms with Gasteiger partial charge in [-0.25, -0.2) is 4.85 Å². The van der Waals surface area contributed by atoms with Crippen molar-refractivity contribution in [3.05, 3.63) is 35.4 Å². The first kappa shape index (κ1) is 5.77. The van der Waals surface area contributed by atoms with Crippen molar-refractivity contribution in [3.8, 4) is 0 Å². The third kappa shape index (κ3) is 1.26. The van der Waals surface area contributed by atoms with Crippen LogP contribution in [0.1, 0.15) is 5.69 Å².